The molecular formula is C24H22FN3O3S. The molecule has 0 saturated heterocycles. The molecule has 2 aromatic carbocycles. The molecule has 0 radical (unpaired) electrons. The second-order valence-electron chi connectivity index (χ2n) is 7.57. The van der Waals surface area contributed by atoms with Crippen molar-refractivity contribution in [2.75, 3.05) is 7.05 Å². The van der Waals surface area contributed by atoms with E-state index < -0.39 is 15.8 Å². The monoisotopic (exact) mass is 451 g/mol. The van der Waals surface area contributed by atoms with Crippen molar-refractivity contribution < 1.29 is 17.6 Å². The molecular weight excluding hydrogens is 429 g/mol. The average Bonchev–Trinajstić information content (AvgIpc) is 3.49. The average molecular weight is 452 g/mol. The Hall–Kier alpha value is -3.41. The number of hydrogen-bond acceptors (Lipinski definition) is 4. The Labute approximate surface area is 186 Å². The van der Waals surface area contributed by atoms with Crippen LogP contribution in [0, 0.1) is 17.7 Å². The van der Waals surface area contributed by atoms with Gasteiger partial charge in [-0.2, -0.15) is 0 Å². The lowest BCUT2D eigenvalue weighted by Crippen LogP contribution is -2.23. The smallest absolute Gasteiger partial charge is 0.296 e. The largest absolute Gasteiger partial charge is 0.343 e. The van der Waals surface area contributed by atoms with Crippen LogP contribution >= 0.6 is 0 Å². The lowest BCUT2D eigenvalue weighted by molar-refractivity contribution is -0.115. The zero-order chi connectivity index (χ0) is 22.7. The third kappa shape index (κ3) is 4.74. The van der Waals surface area contributed by atoms with Crippen molar-refractivity contribution in [1.29, 1.82) is 0 Å². The van der Waals surface area contributed by atoms with Crippen LogP contribution in [-0.2, 0) is 21.4 Å². The lowest BCUT2D eigenvalue weighted by atomic mass is 10.1. The zero-order valence-electron chi connectivity index (χ0n) is 17.4. The molecule has 1 fully saturated rings. The first-order valence-electron chi connectivity index (χ1n) is 10.2. The van der Waals surface area contributed by atoms with Gasteiger partial charge in [-0.15, -0.1) is 0 Å². The fraction of sp³-hybridized carbons (Fsp3) is 0.208. The number of carbonyl (C=O) groups excluding carboxylic acids is 1. The second-order valence-corrected chi connectivity index (χ2v) is 9.39. The highest BCUT2D eigenvalue weighted by Gasteiger charge is 2.24. The summed E-state index contributed by atoms with van der Waals surface area (Å²) in [6.45, 7) is 0.422. The number of aromatic nitrogens is 1. The van der Waals surface area contributed by atoms with Crippen molar-refractivity contribution in [1.82, 2.24) is 14.6 Å². The van der Waals surface area contributed by atoms with E-state index in [1.165, 1.54) is 24.4 Å². The molecule has 1 amide bonds. The number of carbonyl (C=O) groups is 1. The van der Waals surface area contributed by atoms with E-state index in [4.69, 9.17) is 0 Å². The highest BCUT2D eigenvalue weighted by atomic mass is 32.2. The van der Waals surface area contributed by atoms with Crippen molar-refractivity contribution in [3.63, 3.8) is 0 Å². The van der Waals surface area contributed by atoms with Crippen LogP contribution in [0.15, 0.2) is 65.7 Å². The number of nitrogens with zero attached hydrogens (tertiary/aromatic N) is 1. The van der Waals surface area contributed by atoms with E-state index in [0.29, 0.717) is 17.7 Å². The van der Waals surface area contributed by atoms with Crippen LogP contribution in [0.2, 0.25) is 0 Å². The predicted molar refractivity (Wildman–Crippen MR) is 120 cm³/mol. The number of benzene rings is 2. The maximum absolute atomic E-state index is 14.5. The SMILES string of the molecule is CNCc1cc(-c2ccccc2F)n(S(=O)(=O)c2cccc(C#CC(=O)NC3CC3)c2)c1. The van der Waals surface area contributed by atoms with E-state index in [1.807, 2.05) is 0 Å². The zero-order valence-corrected chi connectivity index (χ0v) is 18.2. The van der Waals surface area contributed by atoms with Crippen LogP contribution in [0.1, 0.15) is 24.0 Å². The first kappa shape index (κ1) is 21.8. The number of amides is 1. The van der Waals surface area contributed by atoms with Gasteiger partial charge in [0.2, 0.25) is 0 Å². The standard InChI is InChI=1S/C24H22FN3O3S/c1-26-15-18-14-23(21-7-2-3-8-22(21)25)28(16-18)32(30,31)20-6-4-5-17(13-20)9-12-24(29)27-19-10-11-19/h2-8,13-14,16,19,26H,10-11,15H2,1H3,(H,27,29). The topological polar surface area (TPSA) is 80.2 Å². The molecule has 0 unspecified atom stereocenters. The quantitative estimate of drug-likeness (QED) is 0.565. The molecule has 1 saturated carbocycles. The summed E-state index contributed by atoms with van der Waals surface area (Å²) in [6, 6.07) is 14.0. The predicted octanol–water partition coefficient (Wildman–Crippen LogP) is 2.88. The minimum atomic E-state index is -4.05. The van der Waals surface area contributed by atoms with Crippen LogP contribution < -0.4 is 10.6 Å². The summed E-state index contributed by atoms with van der Waals surface area (Å²) in [5.74, 6) is 4.31. The summed E-state index contributed by atoms with van der Waals surface area (Å²) in [7, 11) is -2.30. The van der Waals surface area contributed by atoms with E-state index in [2.05, 4.69) is 22.5 Å². The Kier molecular flexibility index (Phi) is 6.12. The number of nitrogens with one attached hydrogen (secondary N) is 2. The Morgan fingerprint density at radius 3 is 2.66 bits per heavy atom. The molecule has 1 aromatic heterocycles. The second kappa shape index (κ2) is 8.99. The number of halogens is 1. The van der Waals surface area contributed by atoms with Crippen LogP contribution in [-0.4, -0.2) is 31.4 Å². The molecule has 2 N–H and O–H groups in total. The Morgan fingerprint density at radius 2 is 1.94 bits per heavy atom. The first-order chi connectivity index (χ1) is 15.4. The van der Waals surface area contributed by atoms with Gasteiger partial charge in [0.1, 0.15) is 5.82 Å². The molecule has 0 atom stereocenters. The summed E-state index contributed by atoms with van der Waals surface area (Å²) in [4.78, 5) is 11.8. The minimum absolute atomic E-state index is 0.00361. The van der Waals surface area contributed by atoms with Gasteiger partial charge < -0.3 is 10.6 Å². The highest BCUT2D eigenvalue weighted by Crippen LogP contribution is 2.29. The number of hydrogen-bond donors (Lipinski definition) is 2. The summed E-state index contributed by atoms with van der Waals surface area (Å²) < 4.78 is 42.6. The molecule has 164 valence electrons. The van der Waals surface area contributed by atoms with Gasteiger partial charge in [0.05, 0.1) is 10.6 Å². The molecule has 0 aliphatic heterocycles. The Morgan fingerprint density at radius 1 is 1.16 bits per heavy atom. The van der Waals surface area contributed by atoms with E-state index in [0.717, 1.165) is 16.8 Å². The molecule has 8 heteroatoms. The van der Waals surface area contributed by atoms with E-state index in [1.54, 1.807) is 43.4 Å². The van der Waals surface area contributed by atoms with Crippen LogP contribution in [0.3, 0.4) is 0 Å². The van der Waals surface area contributed by atoms with Crippen molar-refractivity contribution in [2.45, 2.75) is 30.3 Å². The van der Waals surface area contributed by atoms with Crippen molar-refractivity contribution in [2.24, 2.45) is 0 Å². The maximum atomic E-state index is 14.5. The van der Waals surface area contributed by atoms with Crippen molar-refractivity contribution in [3.8, 4) is 23.1 Å². The van der Waals surface area contributed by atoms with Crippen molar-refractivity contribution >= 4 is 15.9 Å². The molecule has 3 aromatic rings. The maximum Gasteiger partial charge on any atom is 0.296 e. The van der Waals surface area contributed by atoms with Gasteiger partial charge in [-0.3, -0.25) is 4.79 Å². The first-order valence-corrected chi connectivity index (χ1v) is 11.6. The molecule has 0 bridgehead atoms. The summed E-state index contributed by atoms with van der Waals surface area (Å²) >= 11 is 0. The third-order valence-corrected chi connectivity index (χ3v) is 6.67. The summed E-state index contributed by atoms with van der Waals surface area (Å²) in [5, 5.41) is 5.74. The molecule has 32 heavy (non-hydrogen) atoms. The minimum Gasteiger partial charge on any atom is -0.343 e. The van der Waals surface area contributed by atoms with Gasteiger partial charge in [-0.05, 0) is 61.9 Å². The van der Waals surface area contributed by atoms with Gasteiger partial charge in [0.25, 0.3) is 15.9 Å². The molecule has 1 heterocycles. The molecule has 4 rings (SSSR count). The molecule has 0 spiro atoms. The highest BCUT2D eigenvalue weighted by molar-refractivity contribution is 7.90. The van der Waals surface area contributed by atoms with Gasteiger partial charge in [-0.1, -0.05) is 24.1 Å². The third-order valence-electron chi connectivity index (χ3n) is 5.00. The van der Waals surface area contributed by atoms with Crippen LogP contribution in [0.4, 0.5) is 4.39 Å². The Bertz CT molecular complexity index is 1330. The number of rotatable bonds is 6. The lowest BCUT2D eigenvalue weighted by Gasteiger charge is -2.11. The van der Waals surface area contributed by atoms with E-state index in [-0.39, 0.29) is 28.1 Å². The fourth-order valence-corrected chi connectivity index (χ4v) is 4.73. The molecule has 1 aliphatic carbocycles. The van der Waals surface area contributed by atoms with Crippen molar-refractivity contribution in [3.05, 3.63) is 77.7 Å². The van der Waals surface area contributed by atoms with E-state index in [9.17, 15) is 17.6 Å². The fourth-order valence-electron chi connectivity index (χ4n) is 3.29. The van der Waals surface area contributed by atoms with Crippen LogP contribution in [0.25, 0.3) is 11.3 Å². The van der Waals surface area contributed by atoms with E-state index >= 15 is 0 Å². The Balaban J connectivity index is 1.73. The van der Waals surface area contributed by atoms with Gasteiger partial charge in [-0.25, -0.2) is 16.8 Å². The van der Waals surface area contributed by atoms with Gasteiger partial charge in [0.15, 0.2) is 0 Å². The molecule has 6 nitrogen and oxygen atoms in total. The van der Waals surface area contributed by atoms with Gasteiger partial charge >= 0.3 is 0 Å². The van der Waals surface area contributed by atoms with Gasteiger partial charge in [0, 0.05) is 35.8 Å². The summed E-state index contributed by atoms with van der Waals surface area (Å²) in [5.41, 5.74) is 1.51. The van der Waals surface area contributed by atoms with Crippen LogP contribution in [0.5, 0.6) is 0 Å². The normalized spacial score (nSPS) is 13.3. The molecule has 1 aliphatic rings. The summed E-state index contributed by atoms with van der Waals surface area (Å²) in [6.07, 6.45) is 3.39.